The molecule has 0 saturated carbocycles. The third-order valence-corrected chi connectivity index (χ3v) is 5.43. The van der Waals surface area contributed by atoms with E-state index in [2.05, 4.69) is 38.0 Å². The van der Waals surface area contributed by atoms with E-state index >= 15 is 0 Å². The first-order valence-electron chi connectivity index (χ1n) is 11.3. The van der Waals surface area contributed by atoms with Gasteiger partial charge < -0.3 is 14.5 Å². The first kappa shape index (κ1) is 24.2. The summed E-state index contributed by atoms with van der Waals surface area (Å²) < 4.78 is 10.9. The number of oxazole rings is 1. The Morgan fingerprint density at radius 1 is 1.00 bits per heavy atom. The maximum Gasteiger partial charge on any atom is 0.306 e. The number of esters is 1. The molecule has 2 aromatic carbocycles. The maximum absolute atomic E-state index is 12.5. The summed E-state index contributed by atoms with van der Waals surface area (Å²) in [6.07, 6.45) is 2.04. The SMILES string of the molecule is Cc1ccc(-c2cnc(CCC(=O)OCC(=O)Nc3c(C(C)C)cccc3C(C)C)o2)cc1. The normalized spacial score (nSPS) is 11.1. The molecule has 3 aromatic rings. The topological polar surface area (TPSA) is 81.4 Å². The Bertz CT molecular complexity index is 1070. The van der Waals surface area contributed by atoms with Gasteiger partial charge in [-0.3, -0.25) is 9.59 Å². The van der Waals surface area contributed by atoms with E-state index < -0.39 is 5.97 Å². The van der Waals surface area contributed by atoms with Crippen LogP contribution in [-0.2, 0) is 20.7 Å². The fraction of sp³-hybridized carbons (Fsp3) is 0.370. The number of nitrogens with one attached hydrogen (secondary N) is 1. The Balaban J connectivity index is 1.52. The Hall–Kier alpha value is -3.41. The summed E-state index contributed by atoms with van der Waals surface area (Å²) in [5, 5.41) is 2.95. The number of para-hydroxylation sites is 1. The molecule has 6 heteroatoms. The minimum atomic E-state index is -0.471. The van der Waals surface area contributed by atoms with Crippen molar-refractivity contribution in [3.05, 3.63) is 71.2 Å². The molecule has 0 unspecified atom stereocenters. The van der Waals surface area contributed by atoms with Gasteiger partial charge in [0.1, 0.15) is 0 Å². The van der Waals surface area contributed by atoms with Gasteiger partial charge in [-0.1, -0.05) is 75.7 Å². The first-order chi connectivity index (χ1) is 15.7. The monoisotopic (exact) mass is 448 g/mol. The van der Waals surface area contributed by atoms with E-state index in [0.717, 1.165) is 22.4 Å². The highest BCUT2D eigenvalue weighted by Gasteiger charge is 2.17. The second-order valence-corrected chi connectivity index (χ2v) is 8.81. The second-order valence-electron chi connectivity index (χ2n) is 8.81. The molecule has 33 heavy (non-hydrogen) atoms. The van der Waals surface area contributed by atoms with E-state index in [1.807, 2.05) is 49.4 Å². The van der Waals surface area contributed by atoms with Gasteiger partial charge in [0.15, 0.2) is 18.3 Å². The summed E-state index contributed by atoms with van der Waals surface area (Å²) in [6.45, 7) is 10.0. The number of aromatic nitrogens is 1. The molecule has 0 fully saturated rings. The average molecular weight is 449 g/mol. The first-order valence-corrected chi connectivity index (χ1v) is 11.3. The number of amides is 1. The second kappa shape index (κ2) is 10.9. The summed E-state index contributed by atoms with van der Waals surface area (Å²) in [6, 6.07) is 14.0. The van der Waals surface area contributed by atoms with Crippen molar-refractivity contribution in [1.29, 1.82) is 0 Å². The largest absolute Gasteiger partial charge is 0.456 e. The molecule has 0 spiro atoms. The fourth-order valence-electron chi connectivity index (χ4n) is 3.58. The van der Waals surface area contributed by atoms with Crippen LogP contribution < -0.4 is 5.32 Å². The molecule has 174 valence electrons. The van der Waals surface area contributed by atoms with Crippen molar-refractivity contribution in [3.63, 3.8) is 0 Å². The molecule has 1 aromatic heterocycles. The van der Waals surface area contributed by atoms with E-state index in [4.69, 9.17) is 9.15 Å². The van der Waals surface area contributed by atoms with E-state index in [-0.39, 0.29) is 30.8 Å². The van der Waals surface area contributed by atoms with Crippen molar-refractivity contribution < 1.29 is 18.7 Å². The van der Waals surface area contributed by atoms with Crippen molar-refractivity contribution in [3.8, 4) is 11.3 Å². The summed E-state index contributed by atoms with van der Waals surface area (Å²) in [4.78, 5) is 28.9. The summed E-state index contributed by atoms with van der Waals surface area (Å²) in [5.74, 6) is 0.804. The van der Waals surface area contributed by atoms with Crippen LogP contribution in [0.15, 0.2) is 53.1 Å². The number of ether oxygens (including phenoxy) is 1. The Labute approximate surface area is 195 Å². The number of nitrogens with zero attached hydrogens (tertiary/aromatic N) is 1. The minimum absolute atomic E-state index is 0.0843. The highest BCUT2D eigenvalue weighted by Crippen LogP contribution is 2.32. The zero-order valence-electron chi connectivity index (χ0n) is 20.0. The van der Waals surface area contributed by atoms with Crippen LogP contribution in [0.25, 0.3) is 11.3 Å². The highest BCUT2D eigenvalue weighted by molar-refractivity contribution is 5.94. The van der Waals surface area contributed by atoms with Gasteiger partial charge in [-0.2, -0.15) is 0 Å². The zero-order chi connectivity index (χ0) is 24.0. The number of hydrogen-bond donors (Lipinski definition) is 1. The summed E-state index contributed by atoms with van der Waals surface area (Å²) in [5.41, 5.74) is 5.04. The van der Waals surface area contributed by atoms with Gasteiger partial charge in [0.2, 0.25) is 0 Å². The number of carbonyl (C=O) groups is 2. The predicted octanol–water partition coefficient (Wildman–Crippen LogP) is 6.01. The van der Waals surface area contributed by atoms with E-state index in [1.165, 1.54) is 5.56 Å². The van der Waals surface area contributed by atoms with Gasteiger partial charge in [0.05, 0.1) is 12.6 Å². The van der Waals surface area contributed by atoms with Crippen molar-refractivity contribution in [2.45, 2.75) is 59.3 Å². The van der Waals surface area contributed by atoms with Crippen LogP contribution in [0.5, 0.6) is 0 Å². The summed E-state index contributed by atoms with van der Waals surface area (Å²) in [7, 11) is 0. The molecule has 0 aliphatic carbocycles. The van der Waals surface area contributed by atoms with Gasteiger partial charge in [0.25, 0.3) is 5.91 Å². The summed E-state index contributed by atoms with van der Waals surface area (Å²) >= 11 is 0. The van der Waals surface area contributed by atoms with Crippen molar-refractivity contribution in [1.82, 2.24) is 4.98 Å². The molecule has 0 radical (unpaired) electrons. The molecule has 1 amide bonds. The van der Waals surface area contributed by atoms with Crippen LogP contribution in [0.2, 0.25) is 0 Å². The maximum atomic E-state index is 12.5. The van der Waals surface area contributed by atoms with E-state index in [9.17, 15) is 9.59 Å². The fourth-order valence-corrected chi connectivity index (χ4v) is 3.58. The molecule has 3 rings (SSSR count). The molecule has 0 saturated heterocycles. The Morgan fingerprint density at radius 3 is 2.24 bits per heavy atom. The number of carbonyl (C=O) groups excluding carboxylic acids is 2. The lowest BCUT2D eigenvalue weighted by Gasteiger charge is -2.20. The molecular formula is C27H32N2O4. The van der Waals surface area contributed by atoms with Crippen LogP contribution in [-0.4, -0.2) is 23.5 Å². The number of anilines is 1. The number of hydrogen-bond acceptors (Lipinski definition) is 5. The van der Waals surface area contributed by atoms with Gasteiger partial charge in [-0.05, 0) is 29.9 Å². The molecule has 0 aliphatic heterocycles. The number of benzene rings is 2. The Morgan fingerprint density at radius 2 is 1.64 bits per heavy atom. The quantitative estimate of drug-likeness (QED) is 0.405. The van der Waals surface area contributed by atoms with Crippen molar-refractivity contribution >= 4 is 17.6 Å². The standard InChI is InChI=1S/C27H32N2O4/c1-17(2)21-7-6-8-22(18(3)4)27(21)29-24(30)16-32-26(31)14-13-25-28-15-23(33-25)20-11-9-19(5)10-12-20/h6-12,15,17-18H,13-14,16H2,1-5H3,(H,29,30). The molecular weight excluding hydrogens is 416 g/mol. The highest BCUT2D eigenvalue weighted by atomic mass is 16.5. The third kappa shape index (κ3) is 6.54. The van der Waals surface area contributed by atoms with Crippen LogP contribution in [0.1, 0.15) is 68.5 Å². The van der Waals surface area contributed by atoms with Crippen LogP contribution in [0.4, 0.5) is 5.69 Å². The van der Waals surface area contributed by atoms with E-state index in [0.29, 0.717) is 18.1 Å². The molecule has 1 heterocycles. The lowest BCUT2D eigenvalue weighted by Crippen LogP contribution is -2.22. The van der Waals surface area contributed by atoms with Crippen LogP contribution in [0.3, 0.4) is 0 Å². The lowest BCUT2D eigenvalue weighted by molar-refractivity contribution is -0.147. The zero-order valence-corrected chi connectivity index (χ0v) is 20.0. The molecule has 0 aliphatic rings. The van der Waals surface area contributed by atoms with E-state index in [1.54, 1.807) is 6.20 Å². The number of aryl methyl sites for hydroxylation is 2. The van der Waals surface area contributed by atoms with Crippen molar-refractivity contribution in [2.24, 2.45) is 0 Å². The molecule has 0 bridgehead atoms. The molecule has 0 atom stereocenters. The van der Waals surface area contributed by atoms with Crippen molar-refractivity contribution in [2.75, 3.05) is 11.9 Å². The molecule has 6 nitrogen and oxygen atoms in total. The smallest absolute Gasteiger partial charge is 0.306 e. The lowest BCUT2D eigenvalue weighted by atomic mass is 9.92. The number of rotatable bonds is 9. The van der Waals surface area contributed by atoms with Gasteiger partial charge in [-0.25, -0.2) is 4.98 Å². The average Bonchev–Trinajstić information content (AvgIpc) is 3.25. The van der Waals surface area contributed by atoms with Crippen LogP contribution in [0, 0.1) is 6.92 Å². The van der Waals surface area contributed by atoms with Gasteiger partial charge >= 0.3 is 5.97 Å². The third-order valence-electron chi connectivity index (χ3n) is 5.43. The van der Waals surface area contributed by atoms with Gasteiger partial charge in [0, 0.05) is 17.7 Å². The minimum Gasteiger partial charge on any atom is -0.456 e. The Kier molecular flexibility index (Phi) is 8.04. The molecule has 1 N–H and O–H groups in total. The van der Waals surface area contributed by atoms with Gasteiger partial charge in [-0.15, -0.1) is 0 Å². The predicted molar refractivity (Wildman–Crippen MR) is 129 cm³/mol. The van der Waals surface area contributed by atoms with Crippen LogP contribution >= 0.6 is 0 Å².